The molecule has 0 amide bonds. The quantitative estimate of drug-likeness (QED) is 0.505. The molecule has 1 aromatic rings. The molecule has 0 aliphatic heterocycles. The van der Waals surface area contributed by atoms with Crippen LogP contribution in [0.4, 0.5) is 0 Å². The molecule has 0 saturated heterocycles. The van der Waals surface area contributed by atoms with Gasteiger partial charge in [-0.1, -0.05) is 18.2 Å². The molecule has 5 nitrogen and oxygen atoms in total. The minimum absolute atomic E-state index is 0.110. The van der Waals surface area contributed by atoms with Crippen molar-refractivity contribution in [2.24, 2.45) is 0 Å². The zero-order chi connectivity index (χ0) is 13.7. The summed E-state index contributed by atoms with van der Waals surface area (Å²) < 4.78 is 9.88. The van der Waals surface area contributed by atoms with Crippen LogP contribution in [0.3, 0.4) is 0 Å². The molecule has 0 fully saturated rings. The van der Waals surface area contributed by atoms with Gasteiger partial charge in [-0.25, -0.2) is 4.79 Å². The summed E-state index contributed by atoms with van der Waals surface area (Å²) in [5.41, 5.74) is -0.251. The number of esters is 1. The highest BCUT2D eigenvalue weighted by molar-refractivity contribution is 6.32. The van der Waals surface area contributed by atoms with Gasteiger partial charge in [-0.05, 0) is 12.1 Å². The van der Waals surface area contributed by atoms with Crippen LogP contribution in [0, 0.1) is 0 Å². The largest absolute Gasteiger partial charge is 0.497 e. The number of methoxy groups -OCH3 is 1. The molecule has 6 heteroatoms. The fraction of sp³-hybridized carbons (Fsp3) is 0.167. The van der Waals surface area contributed by atoms with Gasteiger partial charge in [-0.15, -0.1) is 0 Å². The van der Waals surface area contributed by atoms with Crippen LogP contribution in [-0.2, 0) is 9.59 Å². The van der Waals surface area contributed by atoms with Crippen molar-refractivity contribution in [3.05, 3.63) is 35.4 Å². The maximum absolute atomic E-state index is 11.4. The zero-order valence-corrected chi connectivity index (χ0v) is 10.4. The molecule has 0 unspecified atom stereocenters. The summed E-state index contributed by atoms with van der Waals surface area (Å²) in [5.74, 6) is -1.42. The van der Waals surface area contributed by atoms with E-state index in [-0.39, 0.29) is 16.3 Å². The van der Waals surface area contributed by atoms with Gasteiger partial charge in [0.2, 0.25) is 0 Å². The van der Waals surface area contributed by atoms with E-state index in [9.17, 15) is 9.59 Å². The number of ether oxygens (including phenoxy) is 2. The second-order valence-electron chi connectivity index (χ2n) is 3.36. The third-order valence-electron chi connectivity index (χ3n) is 2.02. The van der Waals surface area contributed by atoms with E-state index in [1.54, 1.807) is 6.07 Å². The first-order valence-electron chi connectivity index (χ1n) is 4.89. The molecule has 0 aliphatic carbocycles. The van der Waals surface area contributed by atoms with E-state index in [0.717, 1.165) is 0 Å². The number of rotatable bonds is 5. The molecule has 0 aromatic heterocycles. The van der Waals surface area contributed by atoms with Crippen molar-refractivity contribution in [1.82, 2.24) is 0 Å². The lowest BCUT2D eigenvalue weighted by Gasteiger charge is -2.08. The lowest BCUT2D eigenvalue weighted by Crippen LogP contribution is -2.12. The Balaban J connectivity index is 2.75. The summed E-state index contributed by atoms with van der Waals surface area (Å²) in [6, 6.07) is 4.55. The summed E-state index contributed by atoms with van der Waals surface area (Å²) in [6.45, 7) is 3.23. The van der Waals surface area contributed by atoms with Gasteiger partial charge in [-0.3, -0.25) is 4.79 Å². The Labute approximate surface area is 109 Å². The van der Waals surface area contributed by atoms with Crippen LogP contribution >= 0.6 is 11.6 Å². The van der Waals surface area contributed by atoms with E-state index in [4.69, 9.17) is 26.2 Å². The Morgan fingerprint density at radius 1 is 1.44 bits per heavy atom. The third kappa shape index (κ3) is 3.78. The number of hydrogen-bond acceptors (Lipinski definition) is 4. The minimum Gasteiger partial charge on any atom is -0.497 e. The molecule has 0 aliphatic rings. The molecule has 0 atom stereocenters. The van der Waals surface area contributed by atoms with Gasteiger partial charge >= 0.3 is 11.9 Å². The van der Waals surface area contributed by atoms with Crippen molar-refractivity contribution in [3.63, 3.8) is 0 Å². The maximum Gasteiger partial charge on any atom is 0.331 e. The fourth-order valence-electron chi connectivity index (χ4n) is 1.10. The number of carbonyl (C=O) groups excluding carboxylic acids is 1. The summed E-state index contributed by atoms with van der Waals surface area (Å²) in [4.78, 5) is 21.9. The average Bonchev–Trinajstić information content (AvgIpc) is 2.31. The van der Waals surface area contributed by atoms with Crippen LogP contribution in [0.1, 0.15) is 6.42 Å². The molecule has 0 saturated carbocycles. The smallest absolute Gasteiger partial charge is 0.331 e. The molecular formula is C12H11ClO5. The van der Waals surface area contributed by atoms with Crippen molar-refractivity contribution >= 4 is 23.5 Å². The Hall–Kier alpha value is -2.01. The number of carbonyl (C=O) groups is 2. The predicted molar refractivity (Wildman–Crippen MR) is 65.0 cm³/mol. The molecular weight excluding hydrogens is 260 g/mol. The molecule has 0 bridgehead atoms. The average molecular weight is 271 g/mol. The van der Waals surface area contributed by atoms with E-state index >= 15 is 0 Å². The monoisotopic (exact) mass is 270 g/mol. The van der Waals surface area contributed by atoms with Crippen LogP contribution in [0.25, 0.3) is 0 Å². The predicted octanol–water partition coefficient (Wildman–Crippen LogP) is 2.28. The Morgan fingerprint density at radius 2 is 2.11 bits per heavy atom. The van der Waals surface area contributed by atoms with Crippen molar-refractivity contribution in [2.75, 3.05) is 7.11 Å². The van der Waals surface area contributed by atoms with Gasteiger partial charge < -0.3 is 14.6 Å². The molecule has 1 rings (SSSR count). The minimum atomic E-state index is -1.25. The van der Waals surface area contributed by atoms with E-state index in [0.29, 0.717) is 5.75 Å². The van der Waals surface area contributed by atoms with Crippen LogP contribution < -0.4 is 9.47 Å². The number of benzene rings is 1. The van der Waals surface area contributed by atoms with Gasteiger partial charge in [-0.2, -0.15) is 0 Å². The van der Waals surface area contributed by atoms with Gasteiger partial charge in [0.25, 0.3) is 0 Å². The SMILES string of the molecule is C=C(CC(=O)Oc1cc(OC)ccc1Cl)C(=O)O. The fourth-order valence-corrected chi connectivity index (χ4v) is 1.25. The summed E-state index contributed by atoms with van der Waals surface area (Å²) >= 11 is 5.82. The van der Waals surface area contributed by atoms with E-state index in [1.807, 2.05) is 0 Å². The van der Waals surface area contributed by atoms with Crippen LogP contribution in [0.5, 0.6) is 11.5 Å². The molecule has 1 aromatic carbocycles. The maximum atomic E-state index is 11.4. The van der Waals surface area contributed by atoms with E-state index < -0.39 is 18.4 Å². The first-order chi connectivity index (χ1) is 8.43. The van der Waals surface area contributed by atoms with Crippen molar-refractivity contribution in [2.45, 2.75) is 6.42 Å². The normalized spacial score (nSPS) is 9.67. The molecule has 0 spiro atoms. The van der Waals surface area contributed by atoms with Gasteiger partial charge in [0, 0.05) is 11.6 Å². The highest BCUT2D eigenvalue weighted by Crippen LogP contribution is 2.29. The molecule has 1 N–H and O–H groups in total. The molecule has 18 heavy (non-hydrogen) atoms. The lowest BCUT2D eigenvalue weighted by atomic mass is 10.2. The van der Waals surface area contributed by atoms with Crippen molar-refractivity contribution in [3.8, 4) is 11.5 Å². The highest BCUT2D eigenvalue weighted by Gasteiger charge is 2.14. The Kier molecular flexibility index (Phi) is 4.74. The zero-order valence-electron chi connectivity index (χ0n) is 9.60. The Morgan fingerprint density at radius 3 is 2.67 bits per heavy atom. The van der Waals surface area contributed by atoms with Crippen molar-refractivity contribution in [1.29, 1.82) is 0 Å². The lowest BCUT2D eigenvalue weighted by molar-refractivity contribution is -0.138. The first kappa shape index (κ1) is 14.1. The summed E-state index contributed by atoms with van der Waals surface area (Å²) in [6.07, 6.45) is -0.414. The van der Waals surface area contributed by atoms with E-state index in [2.05, 4.69) is 6.58 Å². The van der Waals surface area contributed by atoms with Crippen LogP contribution in [0.15, 0.2) is 30.4 Å². The summed E-state index contributed by atoms with van der Waals surface area (Å²) in [5, 5.41) is 8.81. The Bertz CT molecular complexity index is 495. The van der Waals surface area contributed by atoms with Gasteiger partial charge in [0.1, 0.15) is 5.75 Å². The number of hydrogen-bond donors (Lipinski definition) is 1. The number of carboxylic acids is 1. The topological polar surface area (TPSA) is 72.8 Å². The second kappa shape index (κ2) is 6.07. The first-order valence-corrected chi connectivity index (χ1v) is 5.27. The van der Waals surface area contributed by atoms with Crippen LogP contribution in [-0.4, -0.2) is 24.2 Å². The van der Waals surface area contributed by atoms with Crippen LogP contribution in [0.2, 0.25) is 5.02 Å². The highest BCUT2D eigenvalue weighted by atomic mass is 35.5. The second-order valence-corrected chi connectivity index (χ2v) is 3.76. The summed E-state index contributed by atoms with van der Waals surface area (Å²) in [7, 11) is 1.46. The van der Waals surface area contributed by atoms with Gasteiger partial charge in [0.15, 0.2) is 5.75 Å². The number of carboxylic acid groups (broad SMARTS) is 1. The molecule has 0 radical (unpaired) electrons. The third-order valence-corrected chi connectivity index (χ3v) is 2.33. The molecule has 0 heterocycles. The standard InChI is InChI=1S/C12H11ClO5/c1-7(12(15)16)5-11(14)18-10-6-8(17-2)3-4-9(10)13/h3-4,6H,1,5H2,2H3,(H,15,16). The van der Waals surface area contributed by atoms with Crippen molar-refractivity contribution < 1.29 is 24.2 Å². The number of aliphatic carboxylic acids is 1. The van der Waals surface area contributed by atoms with Gasteiger partial charge in [0.05, 0.1) is 18.6 Å². The number of halogens is 1. The van der Waals surface area contributed by atoms with E-state index in [1.165, 1.54) is 19.2 Å². The molecule has 96 valence electrons.